The number of benzene rings is 2. The molecule has 0 radical (unpaired) electrons. The average Bonchev–Trinajstić information content (AvgIpc) is 2.39. The van der Waals surface area contributed by atoms with Gasteiger partial charge in [0.15, 0.2) is 0 Å². The maximum absolute atomic E-state index is 14.0. The summed E-state index contributed by atoms with van der Waals surface area (Å²) < 4.78 is 14.8. The third kappa shape index (κ3) is 3.51. The third-order valence-electron chi connectivity index (χ3n) is 2.55. The van der Waals surface area contributed by atoms with E-state index in [1.165, 1.54) is 18.2 Å². The number of hydrogen-bond donors (Lipinski definition) is 1. The molecule has 2 rings (SSSR count). The molecule has 0 amide bonds. The molecule has 0 bridgehead atoms. The van der Waals surface area contributed by atoms with Gasteiger partial charge in [0.2, 0.25) is 0 Å². The van der Waals surface area contributed by atoms with Gasteiger partial charge in [-0.15, -0.1) is 0 Å². The third-order valence-corrected chi connectivity index (χ3v) is 3.04. The largest absolute Gasteiger partial charge is 0.478 e. The lowest BCUT2D eigenvalue weighted by atomic mass is 10.1. The summed E-state index contributed by atoms with van der Waals surface area (Å²) in [5.74, 6) is -1.37. The highest BCUT2D eigenvalue weighted by Gasteiger charge is 2.03. The molecule has 2 aromatic carbocycles. The summed E-state index contributed by atoms with van der Waals surface area (Å²) in [6.07, 6.45) is 1.37. The van der Waals surface area contributed by atoms with E-state index in [4.69, 9.17) is 5.11 Å². The standard InChI is InChI=1S/C15H10BrFO2/c16-13-3-1-2-12(9-13)14(17)8-10-4-6-11(7-5-10)15(18)19/h1-9H,(H,18,19)/b14-8-. The first-order valence-corrected chi connectivity index (χ1v) is 6.32. The molecule has 0 spiro atoms. The van der Waals surface area contributed by atoms with Gasteiger partial charge < -0.3 is 5.11 Å². The topological polar surface area (TPSA) is 37.3 Å². The minimum atomic E-state index is -0.997. The molecule has 19 heavy (non-hydrogen) atoms. The van der Waals surface area contributed by atoms with Crippen LogP contribution in [0.15, 0.2) is 53.0 Å². The zero-order valence-corrected chi connectivity index (χ0v) is 11.4. The SMILES string of the molecule is O=C(O)c1ccc(/C=C(\F)c2cccc(Br)c2)cc1. The van der Waals surface area contributed by atoms with E-state index >= 15 is 0 Å². The van der Waals surface area contributed by atoms with Crippen molar-refractivity contribution in [3.8, 4) is 0 Å². The van der Waals surface area contributed by atoms with Crippen LogP contribution in [-0.2, 0) is 0 Å². The van der Waals surface area contributed by atoms with Crippen molar-refractivity contribution in [2.75, 3.05) is 0 Å². The molecule has 0 saturated heterocycles. The fourth-order valence-electron chi connectivity index (χ4n) is 1.59. The van der Waals surface area contributed by atoms with Crippen LogP contribution < -0.4 is 0 Å². The summed E-state index contributed by atoms with van der Waals surface area (Å²) in [4.78, 5) is 10.7. The van der Waals surface area contributed by atoms with Gasteiger partial charge in [0.25, 0.3) is 0 Å². The van der Waals surface area contributed by atoms with Crippen LogP contribution in [0.5, 0.6) is 0 Å². The summed E-state index contributed by atoms with van der Waals surface area (Å²) in [5.41, 5.74) is 1.26. The lowest BCUT2D eigenvalue weighted by Crippen LogP contribution is -1.94. The van der Waals surface area contributed by atoms with E-state index in [0.717, 1.165) is 4.47 Å². The Kier molecular flexibility index (Phi) is 4.12. The second-order valence-electron chi connectivity index (χ2n) is 3.93. The molecule has 0 aliphatic carbocycles. The normalized spacial score (nSPS) is 11.4. The first-order chi connectivity index (χ1) is 9.06. The van der Waals surface area contributed by atoms with Crippen molar-refractivity contribution in [1.29, 1.82) is 0 Å². The maximum Gasteiger partial charge on any atom is 0.335 e. The molecule has 1 N–H and O–H groups in total. The molecular weight excluding hydrogens is 311 g/mol. The van der Waals surface area contributed by atoms with Crippen molar-refractivity contribution in [2.24, 2.45) is 0 Å². The Morgan fingerprint density at radius 2 is 1.79 bits per heavy atom. The van der Waals surface area contributed by atoms with Crippen LogP contribution in [0.1, 0.15) is 21.5 Å². The molecule has 0 heterocycles. The molecule has 0 saturated carbocycles. The van der Waals surface area contributed by atoms with Crippen LogP contribution >= 0.6 is 15.9 Å². The Labute approximate surface area is 118 Å². The molecule has 0 fully saturated rings. The Morgan fingerprint density at radius 1 is 1.11 bits per heavy atom. The fourth-order valence-corrected chi connectivity index (χ4v) is 1.99. The van der Waals surface area contributed by atoms with Crippen molar-refractivity contribution in [3.05, 3.63) is 69.7 Å². The number of rotatable bonds is 3. The minimum absolute atomic E-state index is 0.181. The van der Waals surface area contributed by atoms with Gasteiger partial charge in [-0.1, -0.05) is 40.2 Å². The van der Waals surface area contributed by atoms with Crippen LogP contribution in [0.4, 0.5) is 4.39 Å². The van der Waals surface area contributed by atoms with Crippen molar-refractivity contribution in [3.63, 3.8) is 0 Å². The highest BCUT2D eigenvalue weighted by molar-refractivity contribution is 9.10. The van der Waals surface area contributed by atoms with E-state index in [1.54, 1.807) is 30.3 Å². The summed E-state index contributed by atoms with van der Waals surface area (Å²) >= 11 is 3.28. The van der Waals surface area contributed by atoms with Gasteiger partial charge in [-0.2, -0.15) is 0 Å². The predicted molar refractivity (Wildman–Crippen MR) is 76.5 cm³/mol. The Balaban J connectivity index is 2.27. The quantitative estimate of drug-likeness (QED) is 0.838. The molecule has 0 aliphatic rings. The number of carboxylic acid groups (broad SMARTS) is 1. The zero-order chi connectivity index (χ0) is 13.8. The van der Waals surface area contributed by atoms with Gasteiger partial charge >= 0.3 is 5.97 Å². The first-order valence-electron chi connectivity index (χ1n) is 5.53. The average molecular weight is 321 g/mol. The Hall–Kier alpha value is -1.94. The van der Waals surface area contributed by atoms with Gasteiger partial charge in [0.1, 0.15) is 5.83 Å². The van der Waals surface area contributed by atoms with Gasteiger partial charge in [-0.05, 0) is 35.9 Å². The summed E-state index contributed by atoms with van der Waals surface area (Å²) in [7, 11) is 0. The molecule has 2 aromatic rings. The van der Waals surface area contributed by atoms with Crippen molar-refractivity contribution in [2.45, 2.75) is 0 Å². The lowest BCUT2D eigenvalue weighted by molar-refractivity contribution is 0.0697. The number of carbonyl (C=O) groups is 1. The van der Waals surface area contributed by atoms with E-state index in [0.29, 0.717) is 11.1 Å². The van der Waals surface area contributed by atoms with Crippen LogP contribution in [0.2, 0.25) is 0 Å². The summed E-state index contributed by atoms with van der Waals surface area (Å²) in [6.45, 7) is 0. The predicted octanol–water partition coefficient (Wildman–Crippen LogP) is 4.61. The molecule has 0 aromatic heterocycles. The molecule has 96 valence electrons. The van der Waals surface area contributed by atoms with Crippen LogP contribution in [0, 0.1) is 0 Å². The Morgan fingerprint density at radius 3 is 2.37 bits per heavy atom. The van der Waals surface area contributed by atoms with Gasteiger partial charge in [0, 0.05) is 10.0 Å². The van der Waals surface area contributed by atoms with E-state index in [1.807, 2.05) is 6.07 Å². The number of halogens is 2. The van der Waals surface area contributed by atoms with E-state index < -0.39 is 5.97 Å². The van der Waals surface area contributed by atoms with Crippen molar-refractivity contribution >= 4 is 33.8 Å². The van der Waals surface area contributed by atoms with Crippen molar-refractivity contribution in [1.82, 2.24) is 0 Å². The second-order valence-corrected chi connectivity index (χ2v) is 4.85. The zero-order valence-electron chi connectivity index (χ0n) is 9.81. The molecule has 0 aliphatic heterocycles. The van der Waals surface area contributed by atoms with Gasteiger partial charge in [0.05, 0.1) is 5.56 Å². The van der Waals surface area contributed by atoms with Crippen LogP contribution in [0.3, 0.4) is 0 Å². The smallest absolute Gasteiger partial charge is 0.335 e. The van der Waals surface area contributed by atoms with Gasteiger partial charge in [-0.3, -0.25) is 0 Å². The first kappa shape index (κ1) is 13.5. The minimum Gasteiger partial charge on any atom is -0.478 e. The molecule has 2 nitrogen and oxygen atoms in total. The summed E-state index contributed by atoms with van der Waals surface area (Å²) in [6, 6.07) is 12.9. The number of hydrogen-bond acceptors (Lipinski definition) is 1. The van der Waals surface area contributed by atoms with E-state index in [2.05, 4.69) is 15.9 Å². The second kappa shape index (κ2) is 5.80. The van der Waals surface area contributed by atoms with E-state index in [9.17, 15) is 9.18 Å². The number of carboxylic acids is 1. The fraction of sp³-hybridized carbons (Fsp3) is 0. The van der Waals surface area contributed by atoms with E-state index in [-0.39, 0.29) is 11.4 Å². The molecule has 0 unspecified atom stereocenters. The van der Waals surface area contributed by atoms with Gasteiger partial charge in [-0.25, -0.2) is 9.18 Å². The molecule has 4 heteroatoms. The van der Waals surface area contributed by atoms with Crippen molar-refractivity contribution < 1.29 is 14.3 Å². The lowest BCUT2D eigenvalue weighted by Gasteiger charge is -2.00. The highest BCUT2D eigenvalue weighted by Crippen LogP contribution is 2.22. The molecular formula is C15H10BrFO2. The monoisotopic (exact) mass is 320 g/mol. The van der Waals surface area contributed by atoms with Crippen LogP contribution in [-0.4, -0.2) is 11.1 Å². The molecule has 0 atom stereocenters. The van der Waals surface area contributed by atoms with Crippen LogP contribution in [0.25, 0.3) is 11.9 Å². The Bertz CT molecular complexity index is 633. The highest BCUT2D eigenvalue weighted by atomic mass is 79.9. The maximum atomic E-state index is 14.0. The number of aromatic carboxylic acids is 1. The summed E-state index contributed by atoms with van der Waals surface area (Å²) in [5, 5.41) is 8.77.